The quantitative estimate of drug-likeness (QED) is 0.697. The lowest BCUT2D eigenvalue weighted by Crippen LogP contribution is -2.32. The number of rotatable bonds is 4. The summed E-state index contributed by atoms with van der Waals surface area (Å²) in [6, 6.07) is 14.5. The van der Waals surface area contributed by atoms with Gasteiger partial charge in [-0.25, -0.2) is 4.68 Å². The molecular formula is C19H15ClN4O2S. The van der Waals surface area contributed by atoms with Crippen LogP contribution in [0.4, 0.5) is 11.4 Å². The fraction of sp³-hybridized carbons (Fsp3) is 0.105. The smallest absolute Gasteiger partial charge is 0.238 e. The first-order chi connectivity index (χ1) is 13.1. The van der Waals surface area contributed by atoms with Crippen LogP contribution in [0.15, 0.2) is 65.8 Å². The summed E-state index contributed by atoms with van der Waals surface area (Å²) in [6.07, 6.45) is 3.54. The van der Waals surface area contributed by atoms with Crippen LogP contribution >= 0.6 is 23.4 Å². The van der Waals surface area contributed by atoms with E-state index in [4.69, 9.17) is 11.6 Å². The van der Waals surface area contributed by atoms with E-state index in [1.54, 1.807) is 35.3 Å². The van der Waals surface area contributed by atoms with Gasteiger partial charge in [0.2, 0.25) is 11.8 Å². The molecule has 2 N–H and O–H groups in total. The molecule has 2 amide bonds. The molecule has 1 aliphatic rings. The summed E-state index contributed by atoms with van der Waals surface area (Å²) in [6.45, 7) is 0. The molecule has 1 atom stereocenters. The molecule has 2 heterocycles. The Morgan fingerprint density at radius 1 is 1.26 bits per heavy atom. The number of carbonyl (C=O) groups is 2. The molecule has 2 aromatic carbocycles. The molecule has 0 fully saturated rings. The normalized spacial score (nSPS) is 15.7. The van der Waals surface area contributed by atoms with Crippen LogP contribution < -0.4 is 10.6 Å². The van der Waals surface area contributed by atoms with Crippen LogP contribution in [0, 0.1) is 0 Å². The Kier molecular flexibility index (Phi) is 4.87. The molecule has 1 aliphatic heterocycles. The monoisotopic (exact) mass is 398 g/mol. The Balaban J connectivity index is 1.48. The highest BCUT2D eigenvalue weighted by Crippen LogP contribution is 2.38. The van der Waals surface area contributed by atoms with Gasteiger partial charge in [0.25, 0.3) is 0 Å². The zero-order valence-electron chi connectivity index (χ0n) is 14.1. The largest absolute Gasteiger partial charge is 0.324 e. The standard InChI is InChI=1S/C19H15ClN4O2S/c20-12-6-7-16-14(10-12)23-19(26)17(27-16)11-18(25)22-13-4-1-2-5-15(13)24-9-3-8-21-24/h1-10,17H,11H2,(H,22,25)(H,23,26). The minimum atomic E-state index is -0.504. The van der Waals surface area contributed by atoms with Crippen LogP contribution in [-0.4, -0.2) is 26.8 Å². The number of hydrogen-bond donors (Lipinski definition) is 2. The number of nitrogens with zero attached hydrogens (tertiary/aromatic N) is 2. The SMILES string of the molecule is O=C(CC1Sc2ccc(Cl)cc2NC1=O)Nc1ccccc1-n1cccn1. The second-order valence-electron chi connectivity index (χ2n) is 5.96. The fourth-order valence-electron chi connectivity index (χ4n) is 2.82. The van der Waals surface area contributed by atoms with E-state index in [9.17, 15) is 9.59 Å². The first kappa shape index (κ1) is 17.6. The molecule has 1 unspecified atom stereocenters. The number of amides is 2. The van der Waals surface area contributed by atoms with E-state index in [1.165, 1.54) is 11.8 Å². The average Bonchev–Trinajstić information content (AvgIpc) is 3.17. The average molecular weight is 399 g/mol. The van der Waals surface area contributed by atoms with Crippen molar-refractivity contribution in [2.24, 2.45) is 0 Å². The predicted octanol–water partition coefficient (Wildman–Crippen LogP) is 3.97. The number of carbonyl (C=O) groups excluding carboxylic acids is 2. The van der Waals surface area contributed by atoms with Crippen LogP contribution in [0.3, 0.4) is 0 Å². The summed E-state index contributed by atoms with van der Waals surface area (Å²) in [5.74, 6) is -0.440. The van der Waals surface area contributed by atoms with Crippen molar-refractivity contribution in [3.05, 3.63) is 65.9 Å². The molecule has 0 bridgehead atoms. The molecule has 27 heavy (non-hydrogen) atoms. The number of nitrogens with one attached hydrogen (secondary N) is 2. The number of anilines is 2. The maximum atomic E-state index is 12.6. The Morgan fingerprint density at radius 2 is 2.11 bits per heavy atom. The second kappa shape index (κ2) is 7.46. The second-order valence-corrected chi connectivity index (χ2v) is 7.64. The number of thioether (sulfide) groups is 1. The molecule has 0 aliphatic carbocycles. The van der Waals surface area contributed by atoms with Gasteiger partial charge >= 0.3 is 0 Å². The maximum Gasteiger partial charge on any atom is 0.238 e. The number of aromatic nitrogens is 2. The molecule has 0 saturated carbocycles. The van der Waals surface area contributed by atoms with Crippen molar-refractivity contribution < 1.29 is 9.59 Å². The van der Waals surface area contributed by atoms with E-state index < -0.39 is 5.25 Å². The molecule has 0 radical (unpaired) electrons. The van der Waals surface area contributed by atoms with E-state index in [2.05, 4.69) is 15.7 Å². The third-order valence-corrected chi connectivity index (χ3v) is 5.57. The topological polar surface area (TPSA) is 76.0 Å². The summed E-state index contributed by atoms with van der Waals surface area (Å²) < 4.78 is 1.68. The summed E-state index contributed by atoms with van der Waals surface area (Å²) in [5, 5.41) is 9.95. The lowest BCUT2D eigenvalue weighted by molar-refractivity contribution is -0.120. The summed E-state index contributed by atoms with van der Waals surface area (Å²) in [7, 11) is 0. The van der Waals surface area contributed by atoms with Gasteiger partial charge in [-0.15, -0.1) is 11.8 Å². The van der Waals surface area contributed by atoms with Crippen molar-refractivity contribution in [2.75, 3.05) is 10.6 Å². The van der Waals surface area contributed by atoms with E-state index in [-0.39, 0.29) is 18.2 Å². The van der Waals surface area contributed by atoms with Gasteiger partial charge in [0.05, 0.1) is 22.3 Å². The molecule has 3 aromatic rings. The molecule has 136 valence electrons. The van der Waals surface area contributed by atoms with Crippen molar-refractivity contribution in [1.29, 1.82) is 0 Å². The summed E-state index contributed by atoms with van der Waals surface area (Å²) in [5.41, 5.74) is 2.08. The first-order valence-corrected chi connectivity index (χ1v) is 9.52. The van der Waals surface area contributed by atoms with Crippen molar-refractivity contribution in [2.45, 2.75) is 16.6 Å². The molecule has 0 saturated heterocycles. The minimum Gasteiger partial charge on any atom is -0.324 e. The third kappa shape index (κ3) is 3.84. The number of hydrogen-bond acceptors (Lipinski definition) is 4. The van der Waals surface area contributed by atoms with Crippen LogP contribution in [0.25, 0.3) is 5.69 Å². The van der Waals surface area contributed by atoms with E-state index in [0.29, 0.717) is 16.4 Å². The van der Waals surface area contributed by atoms with E-state index in [0.717, 1.165) is 10.6 Å². The van der Waals surface area contributed by atoms with E-state index >= 15 is 0 Å². The van der Waals surface area contributed by atoms with Crippen LogP contribution in [0.1, 0.15) is 6.42 Å². The molecular weight excluding hydrogens is 384 g/mol. The Labute approximate surface area is 164 Å². The molecule has 8 heteroatoms. The molecule has 6 nitrogen and oxygen atoms in total. The highest BCUT2D eigenvalue weighted by Gasteiger charge is 2.29. The lowest BCUT2D eigenvalue weighted by atomic mass is 10.2. The van der Waals surface area contributed by atoms with Crippen LogP contribution in [0.2, 0.25) is 5.02 Å². The van der Waals surface area contributed by atoms with Crippen molar-refractivity contribution >= 4 is 46.6 Å². The highest BCUT2D eigenvalue weighted by atomic mass is 35.5. The van der Waals surface area contributed by atoms with Gasteiger partial charge in [-0.2, -0.15) is 5.10 Å². The zero-order chi connectivity index (χ0) is 18.8. The molecule has 0 spiro atoms. The minimum absolute atomic E-state index is 0.0615. The Bertz CT molecular complexity index is 1010. The highest BCUT2D eigenvalue weighted by molar-refractivity contribution is 8.01. The van der Waals surface area contributed by atoms with Crippen LogP contribution in [-0.2, 0) is 9.59 Å². The number of fused-ring (bicyclic) bond motifs is 1. The maximum absolute atomic E-state index is 12.6. The number of para-hydroxylation sites is 2. The van der Waals surface area contributed by atoms with Gasteiger partial charge in [0, 0.05) is 28.7 Å². The molecule has 1 aromatic heterocycles. The fourth-order valence-corrected chi connectivity index (χ4v) is 4.08. The van der Waals surface area contributed by atoms with Gasteiger partial charge in [0.15, 0.2) is 0 Å². The summed E-state index contributed by atoms with van der Waals surface area (Å²) >= 11 is 7.33. The van der Waals surface area contributed by atoms with Gasteiger partial charge in [0.1, 0.15) is 0 Å². The summed E-state index contributed by atoms with van der Waals surface area (Å²) in [4.78, 5) is 25.8. The van der Waals surface area contributed by atoms with Gasteiger partial charge in [-0.05, 0) is 36.4 Å². The Hall–Kier alpha value is -2.77. The number of halogens is 1. The van der Waals surface area contributed by atoms with Gasteiger partial charge in [-0.1, -0.05) is 23.7 Å². The third-order valence-electron chi connectivity index (χ3n) is 4.06. The lowest BCUT2D eigenvalue weighted by Gasteiger charge is -2.24. The van der Waals surface area contributed by atoms with E-state index in [1.807, 2.05) is 30.3 Å². The Morgan fingerprint density at radius 3 is 2.93 bits per heavy atom. The number of benzene rings is 2. The zero-order valence-corrected chi connectivity index (χ0v) is 15.6. The van der Waals surface area contributed by atoms with Gasteiger partial charge in [-0.3, -0.25) is 9.59 Å². The molecule has 4 rings (SSSR count). The first-order valence-electron chi connectivity index (χ1n) is 8.26. The predicted molar refractivity (Wildman–Crippen MR) is 107 cm³/mol. The van der Waals surface area contributed by atoms with Crippen molar-refractivity contribution in [1.82, 2.24) is 9.78 Å². The van der Waals surface area contributed by atoms with Crippen LogP contribution in [0.5, 0.6) is 0 Å². The van der Waals surface area contributed by atoms with Crippen molar-refractivity contribution in [3.8, 4) is 5.69 Å². The van der Waals surface area contributed by atoms with Crippen molar-refractivity contribution in [3.63, 3.8) is 0 Å². The van der Waals surface area contributed by atoms with Gasteiger partial charge < -0.3 is 10.6 Å².